The van der Waals surface area contributed by atoms with Gasteiger partial charge in [-0.1, -0.05) is 18.2 Å². The predicted octanol–water partition coefficient (Wildman–Crippen LogP) is 1.21. The van der Waals surface area contributed by atoms with E-state index in [1.807, 2.05) is 31.2 Å². The third kappa shape index (κ3) is 0.942. The van der Waals surface area contributed by atoms with Gasteiger partial charge in [-0.2, -0.15) is 5.48 Å². The van der Waals surface area contributed by atoms with Crippen LogP contribution in [0.25, 0.3) is 0 Å². The highest BCUT2D eigenvalue weighted by Gasteiger charge is 2.24. The molecule has 1 amide bonds. The molecule has 3 heteroatoms. The summed E-state index contributed by atoms with van der Waals surface area (Å²) in [5, 5.41) is 0. The van der Waals surface area contributed by atoms with Crippen molar-refractivity contribution in [2.24, 2.45) is 0 Å². The number of hydroxylamine groups is 1. The number of carbonyl (C=O) groups is 1. The average molecular weight is 163 g/mol. The highest BCUT2D eigenvalue weighted by atomic mass is 16.7. The number of benzene rings is 1. The summed E-state index contributed by atoms with van der Waals surface area (Å²) in [6.45, 7) is 1.86. The van der Waals surface area contributed by atoms with Gasteiger partial charge in [0.05, 0.1) is 5.92 Å². The smallest absolute Gasteiger partial charge is 0.259 e. The summed E-state index contributed by atoms with van der Waals surface area (Å²) in [5.74, 6) is 0.535. The minimum absolute atomic E-state index is 0.0892. The standard InChI is InChI=1S/C9H9NO2/c1-6-7-4-2-3-5-8(7)12-10-9(6)11/h2-6H,1H3,(H,10,11). The van der Waals surface area contributed by atoms with Gasteiger partial charge in [0, 0.05) is 5.56 Å². The first-order valence-electron chi connectivity index (χ1n) is 3.84. The third-order valence-electron chi connectivity index (χ3n) is 2.04. The fourth-order valence-electron chi connectivity index (χ4n) is 1.27. The van der Waals surface area contributed by atoms with Crippen LogP contribution in [0.3, 0.4) is 0 Å². The minimum atomic E-state index is -0.116. The molecule has 0 radical (unpaired) electrons. The van der Waals surface area contributed by atoms with E-state index in [9.17, 15) is 4.79 Å². The van der Waals surface area contributed by atoms with Crippen molar-refractivity contribution in [3.63, 3.8) is 0 Å². The Morgan fingerprint density at radius 3 is 3.00 bits per heavy atom. The number of hydrogen-bond acceptors (Lipinski definition) is 2. The third-order valence-corrected chi connectivity index (χ3v) is 2.04. The molecule has 3 nitrogen and oxygen atoms in total. The molecule has 0 saturated heterocycles. The molecular formula is C9H9NO2. The Labute approximate surface area is 70.3 Å². The maximum atomic E-state index is 11.1. The summed E-state index contributed by atoms with van der Waals surface area (Å²) < 4.78 is 0. The fraction of sp³-hybridized carbons (Fsp3) is 0.222. The molecule has 12 heavy (non-hydrogen) atoms. The van der Waals surface area contributed by atoms with Gasteiger partial charge in [0.2, 0.25) is 0 Å². The van der Waals surface area contributed by atoms with Crippen LogP contribution >= 0.6 is 0 Å². The van der Waals surface area contributed by atoms with E-state index in [4.69, 9.17) is 4.84 Å². The second-order valence-corrected chi connectivity index (χ2v) is 2.83. The monoisotopic (exact) mass is 163 g/mol. The predicted molar refractivity (Wildman–Crippen MR) is 43.6 cm³/mol. The Balaban J connectivity index is 2.48. The number of rotatable bonds is 0. The molecule has 1 aromatic rings. The number of fused-ring (bicyclic) bond motifs is 1. The lowest BCUT2D eigenvalue weighted by atomic mass is 9.99. The molecule has 0 aliphatic carbocycles. The zero-order chi connectivity index (χ0) is 8.55. The van der Waals surface area contributed by atoms with Crippen molar-refractivity contribution in [1.29, 1.82) is 0 Å². The molecule has 0 bridgehead atoms. The summed E-state index contributed by atoms with van der Waals surface area (Å²) >= 11 is 0. The van der Waals surface area contributed by atoms with Crippen molar-refractivity contribution in [2.45, 2.75) is 12.8 Å². The number of nitrogens with one attached hydrogen (secondary N) is 1. The maximum Gasteiger partial charge on any atom is 0.259 e. The topological polar surface area (TPSA) is 38.3 Å². The molecule has 1 atom stereocenters. The van der Waals surface area contributed by atoms with E-state index in [2.05, 4.69) is 5.48 Å². The van der Waals surface area contributed by atoms with Gasteiger partial charge in [0.25, 0.3) is 5.91 Å². The number of carbonyl (C=O) groups excluding carboxylic acids is 1. The molecule has 0 spiro atoms. The molecule has 1 N–H and O–H groups in total. The summed E-state index contributed by atoms with van der Waals surface area (Å²) in [4.78, 5) is 16.1. The minimum Gasteiger partial charge on any atom is -0.379 e. The molecule has 1 aliphatic heterocycles. The first-order valence-corrected chi connectivity index (χ1v) is 3.84. The SMILES string of the molecule is CC1C(=O)NOc2ccccc21. The van der Waals surface area contributed by atoms with Crippen molar-refractivity contribution >= 4 is 5.91 Å². The summed E-state index contributed by atoms with van der Waals surface area (Å²) in [7, 11) is 0. The zero-order valence-electron chi connectivity index (χ0n) is 6.70. The maximum absolute atomic E-state index is 11.1. The Morgan fingerprint density at radius 1 is 1.42 bits per heavy atom. The van der Waals surface area contributed by atoms with Gasteiger partial charge in [-0.3, -0.25) is 4.79 Å². The van der Waals surface area contributed by atoms with Crippen LogP contribution in [0.2, 0.25) is 0 Å². The van der Waals surface area contributed by atoms with Crippen LogP contribution in [0.5, 0.6) is 5.75 Å². The molecule has 0 fully saturated rings. The molecule has 0 aromatic heterocycles. The van der Waals surface area contributed by atoms with Crippen LogP contribution in [-0.2, 0) is 4.79 Å². The molecule has 2 rings (SSSR count). The second kappa shape index (κ2) is 2.52. The van der Waals surface area contributed by atoms with E-state index in [1.54, 1.807) is 0 Å². The number of para-hydroxylation sites is 1. The van der Waals surface area contributed by atoms with Crippen molar-refractivity contribution in [1.82, 2.24) is 5.48 Å². The summed E-state index contributed by atoms with van der Waals surface area (Å²) in [5.41, 5.74) is 3.29. The van der Waals surface area contributed by atoms with Crippen LogP contribution in [-0.4, -0.2) is 5.91 Å². The zero-order valence-corrected chi connectivity index (χ0v) is 6.70. The van der Waals surface area contributed by atoms with Crippen LogP contribution < -0.4 is 10.3 Å². The van der Waals surface area contributed by atoms with E-state index in [0.29, 0.717) is 0 Å². The van der Waals surface area contributed by atoms with E-state index < -0.39 is 0 Å². The van der Waals surface area contributed by atoms with Crippen LogP contribution in [0.4, 0.5) is 0 Å². The first kappa shape index (κ1) is 7.16. The summed E-state index contributed by atoms with van der Waals surface area (Å²) in [6.07, 6.45) is 0. The van der Waals surface area contributed by atoms with E-state index in [0.717, 1.165) is 11.3 Å². The van der Waals surface area contributed by atoms with Gasteiger partial charge in [-0.25, -0.2) is 0 Å². The molecule has 1 aliphatic rings. The van der Waals surface area contributed by atoms with Crippen LogP contribution in [0.1, 0.15) is 18.4 Å². The van der Waals surface area contributed by atoms with Gasteiger partial charge < -0.3 is 4.84 Å². The molecular weight excluding hydrogens is 154 g/mol. The Hall–Kier alpha value is -1.51. The molecule has 62 valence electrons. The molecule has 1 heterocycles. The highest BCUT2D eigenvalue weighted by Crippen LogP contribution is 2.28. The van der Waals surface area contributed by atoms with Gasteiger partial charge in [0.1, 0.15) is 0 Å². The molecule has 0 saturated carbocycles. The average Bonchev–Trinajstić information content (AvgIpc) is 2.12. The lowest BCUT2D eigenvalue weighted by molar-refractivity contribution is -0.130. The lowest BCUT2D eigenvalue weighted by Crippen LogP contribution is -2.35. The van der Waals surface area contributed by atoms with Gasteiger partial charge in [0.15, 0.2) is 5.75 Å². The van der Waals surface area contributed by atoms with Gasteiger partial charge >= 0.3 is 0 Å². The van der Waals surface area contributed by atoms with Crippen molar-refractivity contribution in [3.05, 3.63) is 29.8 Å². The lowest BCUT2D eigenvalue weighted by Gasteiger charge is -2.21. The van der Waals surface area contributed by atoms with E-state index in [-0.39, 0.29) is 11.8 Å². The van der Waals surface area contributed by atoms with Crippen molar-refractivity contribution < 1.29 is 9.63 Å². The Kier molecular flexibility index (Phi) is 1.50. The van der Waals surface area contributed by atoms with Crippen LogP contribution in [0.15, 0.2) is 24.3 Å². The Bertz CT molecular complexity index is 322. The van der Waals surface area contributed by atoms with Gasteiger partial charge in [-0.05, 0) is 13.0 Å². The number of amides is 1. The largest absolute Gasteiger partial charge is 0.379 e. The fourth-order valence-corrected chi connectivity index (χ4v) is 1.27. The van der Waals surface area contributed by atoms with E-state index >= 15 is 0 Å². The molecule has 1 aromatic carbocycles. The van der Waals surface area contributed by atoms with E-state index in [1.165, 1.54) is 0 Å². The van der Waals surface area contributed by atoms with Crippen molar-refractivity contribution in [3.8, 4) is 5.75 Å². The van der Waals surface area contributed by atoms with Crippen LogP contribution in [0, 0.1) is 0 Å². The first-order chi connectivity index (χ1) is 5.79. The second-order valence-electron chi connectivity index (χ2n) is 2.83. The Morgan fingerprint density at radius 2 is 2.17 bits per heavy atom. The summed E-state index contributed by atoms with van der Waals surface area (Å²) in [6, 6.07) is 7.52. The molecule has 1 unspecified atom stereocenters. The quantitative estimate of drug-likeness (QED) is 0.624. The van der Waals surface area contributed by atoms with Gasteiger partial charge in [-0.15, -0.1) is 0 Å². The van der Waals surface area contributed by atoms with Crippen molar-refractivity contribution in [2.75, 3.05) is 0 Å². The normalized spacial score (nSPS) is 20.8. The highest BCUT2D eigenvalue weighted by molar-refractivity contribution is 5.84. The number of hydrogen-bond donors (Lipinski definition) is 1.